The van der Waals surface area contributed by atoms with Crippen LogP contribution >= 0.6 is 0 Å². The molecule has 0 aliphatic rings. The van der Waals surface area contributed by atoms with Gasteiger partial charge in [0, 0.05) is 12.8 Å². The highest BCUT2D eigenvalue weighted by molar-refractivity contribution is 5.48. The van der Waals surface area contributed by atoms with E-state index in [2.05, 4.69) is 10.1 Å². The van der Waals surface area contributed by atoms with Crippen molar-refractivity contribution in [1.82, 2.24) is 14.8 Å². The third-order valence-corrected chi connectivity index (χ3v) is 1.67. The fraction of sp³-hybridized carbons (Fsp3) is 0.625. The van der Waals surface area contributed by atoms with Gasteiger partial charge in [0.2, 0.25) is 0 Å². The van der Waals surface area contributed by atoms with Crippen molar-refractivity contribution in [2.45, 2.75) is 33.2 Å². The van der Waals surface area contributed by atoms with Crippen molar-refractivity contribution in [2.75, 3.05) is 0 Å². The van der Waals surface area contributed by atoms with E-state index in [1.54, 1.807) is 4.68 Å². The van der Waals surface area contributed by atoms with E-state index in [4.69, 9.17) is 0 Å². The van der Waals surface area contributed by atoms with Crippen LogP contribution in [0.25, 0.3) is 0 Å². The van der Waals surface area contributed by atoms with Crippen molar-refractivity contribution in [3.05, 3.63) is 11.6 Å². The maximum Gasteiger partial charge on any atom is 0.150 e. The zero-order chi connectivity index (χ0) is 8.97. The minimum atomic E-state index is 0.316. The molecule has 0 aliphatic carbocycles. The van der Waals surface area contributed by atoms with Gasteiger partial charge in [0.15, 0.2) is 5.82 Å². The molecule has 12 heavy (non-hydrogen) atoms. The zero-order valence-corrected chi connectivity index (χ0v) is 7.45. The van der Waals surface area contributed by atoms with Crippen molar-refractivity contribution in [1.29, 1.82) is 0 Å². The van der Waals surface area contributed by atoms with Gasteiger partial charge in [-0.15, -0.1) is 0 Å². The van der Waals surface area contributed by atoms with Crippen LogP contribution in [0.4, 0.5) is 0 Å². The maximum atomic E-state index is 10.3. The summed E-state index contributed by atoms with van der Waals surface area (Å²) in [7, 11) is 0. The van der Waals surface area contributed by atoms with E-state index in [-0.39, 0.29) is 0 Å². The summed E-state index contributed by atoms with van der Waals surface area (Å²) in [5, 5.41) is 4.16. The topological polar surface area (TPSA) is 47.8 Å². The molecule has 0 N–H and O–H groups in total. The number of hydrogen-bond donors (Lipinski definition) is 0. The van der Waals surface area contributed by atoms with E-state index in [0.717, 1.165) is 30.8 Å². The molecule has 0 saturated carbocycles. The average Bonchev–Trinajstić information content (AvgIpc) is 2.48. The van der Waals surface area contributed by atoms with E-state index in [9.17, 15) is 4.79 Å². The van der Waals surface area contributed by atoms with E-state index in [1.165, 1.54) is 0 Å². The Hall–Kier alpha value is -1.19. The molecule has 1 aromatic rings. The summed E-state index contributed by atoms with van der Waals surface area (Å²) in [6, 6.07) is 0. The number of carbonyl (C=O) groups excluding carboxylic acids is 1. The lowest BCUT2D eigenvalue weighted by atomic mass is 10.4. The van der Waals surface area contributed by atoms with Gasteiger partial charge >= 0.3 is 0 Å². The lowest BCUT2D eigenvalue weighted by Gasteiger charge is -1.95. The number of hydrogen-bond acceptors (Lipinski definition) is 3. The van der Waals surface area contributed by atoms with Gasteiger partial charge in [-0.1, -0.05) is 13.8 Å². The van der Waals surface area contributed by atoms with Crippen LogP contribution in [0.15, 0.2) is 0 Å². The molecular formula is C8H13N3O. The lowest BCUT2D eigenvalue weighted by molar-refractivity contribution is -0.108. The van der Waals surface area contributed by atoms with Gasteiger partial charge in [0.05, 0.1) is 6.54 Å². The van der Waals surface area contributed by atoms with Gasteiger partial charge in [0.1, 0.15) is 12.1 Å². The second-order valence-corrected chi connectivity index (χ2v) is 2.50. The molecule has 0 atom stereocenters. The normalized spacial score (nSPS) is 10.2. The van der Waals surface area contributed by atoms with Crippen LogP contribution in [0.3, 0.4) is 0 Å². The van der Waals surface area contributed by atoms with Gasteiger partial charge in [-0.3, -0.25) is 0 Å². The molecule has 0 aromatic carbocycles. The van der Waals surface area contributed by atoms with Crippen LogP contribution in [-0.4, -0.2) is 21.1 Å². The second-order valence-electron chi connectivity index (χ2n) is 2.50. The zero-order valence-electron chi connectivity index (χ0n) is 7.45. The SMILES string of the molecule is CCc1nc(CC)n(CC=O)n1. The van der Waals surface area contributed by atoms with Crippen molar-refractivity contribution in [3.8, 4) is 0 Å². The van der Waals surface area contributed by atoms with Crippen LogP contribution in [0.5, 0.6) is 0 Å². The Bertz CT molecular complexity index is 267. The molecular weight excluding hydrogens is 154 g/mol. The van der Waals surface area contributed by atoms with Crippen molar-refractivity contribution in [3.63, 3.8) is 0 Å². The molecule has 0 radical (unpaired) electrons. The standard InChI is InChI=1S/C8H13N3O/c1-3-7-9-8(4-2)11(10-7)5-6-12/h6H,3-5H2,1-2H3. The number of aldehydes is 1. The Morgan fingerprint density at radius 1 is 1.42 bits per heavy atom. The molecule has 0 saturated heterocycles. The fourth-order valence-corrected chi connectivity index (χ4v) is 1.05. The highest BCUT2D eigenvalue weighted by Gasteiger charge is 2.04. The van der Waals surface area contributed by atoms with E-state index < -0.39 is 0 Å². The predicted octanol–water partition coefficient (Wildman–Crippen LogP) is 0.602. The predicted molar refractivity (Wildman–Crippen MR) is 44.8 cm³/mol. The number of aromatic nitrogens is 3. The second kappa shape index (κ2) is 3.99. The van der Waals surface area contributed by atoms with Gasteiger partial charge in [-0.05, 0) is 0 Å². The first kappa shape index (κ1) is 8.90. The fourth-order valence-electron chi connectivity index (χ4n) is 1.05. The molecule has 0 bridgehead atoms. The number of nitrogens with zero attached hydrogens (tertiary/aromatic N) is 3. The van der Waals surface area contributed by atoms with E-state index in [0.29, 0.717) is 6.54 Å². The van der Waals surface area contributed by atoms with Crippen molar-refractivity contribution >= 4 is 6.29 Å². The summed E-state index contributed by atoms with van der Waals surface area (Å²) in [5.41, 5.74) is 0. The van der Waals surface area contributed by atoms with Gasteiger partial charge < -0.3 is 4.79 Å². The highest BCUT2D eigenvalue weighted by Crippen LogP contribution is 1.99. The summed E-state index contributed by atoms with van der Waals surface area (Å²) < 4.78 is 1.66. The van der Waals surface area contributed by atoms with Crippen LogP contribution in [0.2, 0.25) is 0 Å². The summed E-state index contributed by atoms with van der Waals surface area (Å²) in [5.74, 6) is 1.70. The molecule has 1 heterocycles. The Balaban J connectivity index is 2.91. The summed E-state index contributed by atoms with van der Waals surface area (Å²) in [6.45, 7) is 4.32. The van der Waals surface area contributed by atoms with Crippen LogP contribution < -0.4 is 0 Å². The highest BCUT2D eigenvalue weighted by atomic mass is 16.1. The average molecular weight is 167 g/mol. The quantitative estimate of drug-likeness (QED) is 0.617. The monoisotopic (exact) mass is 167 g/mol. The number of aryl methyl sites for hydroxylation is 2. The number of carbonyl (C=O) groups is 1. The smallest absolute Gasteiger partial charge is 0.150 e. The Kier molecular flexibility index (Phi) is 2.96. The van der Waals surface area contributed by atoms with Gasteiger partial charge in [0.25, 0.3) is 0 Å². The van der Waals surface area contributed by atoms with E-state index >= 15 is 0 Å². The molecule has 1 rings (SSSR count). The molecule has 0 unspecified atom stereocenters. The lowest BCUT2D eigenvalue weighted by Crippen LogP contribution is -2.05. The minimum Gasteiger partial charge on any atom is -0.301 e. The first-order valence-corrected chi connectivity index (χ1v) is 4.18. The minimum absolute atomic E-state index is 0.316. The first-order chi connectivity index (χ1) is 5.81. The van der Waals surface area contributed by atoms with Gasteiger partial charge in [-0.2, -0.15) is 5.10 Å². The molecule has 4 nitrogen and oxygen atoms in total. The molecule has 66 valence electrons. The third-order valence-electron chi connectivity index (χ3n) is 1.67. The van der Waals surface area contributed by atoms with Crippen LogP contribution in [-0.2, 0) is 24.2 Å². The summed E-state index contributed by atoms with van der Waals surface area (Å²) in [6.07, 6.45) is 2.48. The third kappa shape index (κ3) is 1.69. The van der Waals surface area contributed by atoms with Gasteiger partial charge in [-0.25, -0.2) is 9.67 Å². The maximum absolute atomic E-state index is 10.3. The summed E-state index contributed by atoms with van der Waals surface area (Å²) >= 11 is 0. The molecule has 0 fully saturated rings. The molecule has 0 spiro atoms. The largest absolute Gasteiger partial charge is 0.301 e. The van der Waals surface area contributed by atoms with Crippen molar-refractivity contribution < 1.29 is 4.79 Å². The van der Waals surface area contributed by atoms with E-state index in [1.807, 2.05) is 13.8 Å². The molecule has 0 amide bonds. The summed E-state index contributed by atoms with van der Waals surface area (Å²) in [4.78, 5) is 14.5. The van der Waals surface area contributed by atoms with Crippen LogP contribution in [0.1, 0.15) is 25.5 Å². The Morgan fingerprint density at radius 3 is 2.67 bits per heavy atom. The Labute approximate surface area is 71.6 Å². The molecule has 4 heteroatoms. The van der Waals surface area contributed by atoms with Crippen molar-refractivity contribution in [2.24, 2.45) is 0 Å². The number of rotatable bonds is 4. The molecule has 0 aliphatic heterocycles. The molecule has 1 aromatic heterocycles. The van der Waals surface area contributed by atoms with Crippen LogP contribution in [0, 0.1) is 0 Å². The first-order valence-electron chi connectivity index (χ1n) is 4.18. The Morgan fingerprint density at radius 2 is 2.17 bits per heavy atom.